The third-order valence-corrected chi connectivity index (χ3v) is 4.44. The lowest BCUT2D eigenvalue weighted by molar-refractivity contribution is -0.141. The maximum atomic E-state index is 13.0. The summed E-state index contributed by atoms with van der Waals surface area (Å²) in [6, 6.07) is 10.4. The van der Waals surface area contributed by atoms with E-state index in [2.05, 4.69) is 0 Å². The van der Waals surface area contributed by atoms with E-state index in [-0.39, 0.29) is 17.7 Å². The molecule has 0 bridgehead atoms. The molecule has 142 valence electrons. The first-order chi connectivity index (χ1) is 13.5. The molecule has 3 rings (SSSR count). The second kappa shape index (κ2) is 7.84. The minimum absolute atomic E-state index is 0.0492. The average Bonchev–Trinajstić information content (AvgIpc) is 3.22. The minimum atomic E-state index is -0.633. The highest BCUT2D eigenvalue weighted by atomic mass is 16.5. The molecule has 7 nitrogen and oxygen atoms in total. The topological polar surface area (TPSA) is 92.8 Å². The summed E-state index contributed by atoms with van der Waals surface area (Å²) in [5.41, 5.74) is 1.20. The minimum Gasteiger partial charge on any atom is -0.493 e. The molecule has 0 atom stereocenters. The van der Waals surface area contributed by atoms with Gasteiger partial charge in [0, 0.05) is 5.57 Å². The van der Waals surface area contributed by atoms with E-state index in [9.17, 15) is 14.9 Å². The van der Waals surface area contributed by atoms with Crippen LogP contribution in [0.1, 0.15) is 18.2 Å². The molecule has 0 saturated heterocycles. The molecule has 1 aliphatic heterocycles. The van der Waals surface area contributed by atoms with Gasteiger partial charge >= 0.3 is 0 Å². The Labute approximate surface area is 162 Å². The number of hydrogen-bond acceptors (Lipinski definition) is 6. The van der Waals surface area contributed by atoms with Crippen LogP contribution in [0.25, 0.3) is 6.08 Å². The molecule has 2 aromatic rings. The van der Waals surface area contributed by atoms with Crippen molar-refractivity contribution >= 4 is 17.9 Å². The molecule has 1 aliphatic rings. The van der Waals surface area contributed by atoms with Crippen molar-refractivity contribution in [3.63, 3.8) is 0 Å². The number of benzene rings is 1. The van der Waals surface area contributed by atoms with Gasteiger partial charge in [-0.2, -0.15) is 5.26 Å². The first-order valence-corrected chi connectivity index (χ1v) is 8.43. The van der Waals surface area contributed by atoms with E-state index >= 15 is 0 Å². The number of hydrogen-bond donors (Lipinski definition) is 0. The second-order valence-corrected chi connectivity index (χ2v) is 6.06. The number of carbonyl (C=O) groups is 2. The lowest BCUT2D eigenvalue weighted by atomic mass is 9.93. The molecule has 28 heavy (non-hydrogen) atoms. The van der Waals surface area contributed by atoms with E-state index in [1.54, 1.807) is 43.3 Å². The molecule has 0 saturated carbocycles. The van der Waals surface area contributed by atoms with Gasteiger partial charge in [0.2, 0.25) is 0 Å². The van der Waals surface area contributed by atoms with Crippen molar-refractivity contribution in [3.05, 3.63) is 64.6 Å². The van der Waals surface area contributed by atoms with Gasteiger partial charge in [-0.15, -0.1) is 0 Å². The van der Waals surface area contributed by atoms with Gasteiger partial charge < -0.3 is 13.9 Å². The van der Waals surface area contributed by atoms with Crippen LogP contribution >= 0.6 is 0 Å². The average molecular weight is 378 g/mol. The summed E-state index contributed by atoms with van der Waals surface area (Å²) < 4.78 is 15.8. The van der Waals surface area contributed by atoms with Crippen LogP contribution in [0.2, 0.25) is 0 Å². The van der Waals surface area contributed by atoms with Gasteiger partial charge in [-0.1, -0.05) is 6.07 Å². The SMILES string of the molecule is COc1ccc(/C=C2/C(=O)N(Cc3ccco3)C(=O)C(C#N)=C2C)cc1OC. The number of nitrogens with zero attached hydrogens (tertiary/aromatic N) is 2. The first-order valence-electron chi connectivity index (χ1n) is 8.43. The molecule has 1 aromatic carbocycles. The van der Waals surface area contributed by atoms with Gasteiger partial charge in [-0.3, -0.25) is 14.5 Å². The molecule has 2 heterocycles. The number of ether oxygens (including phenoxy) is 2. The van der Waals surface area contributed by atoms with Crippen molar-refractivity contribution in [3.8, 4) is 17.6 Å². The number of rotatable bonds is 5. The Balaban J connectivity index is 2.06. The van der Waals surface area contributed by atoms with E-state index in [4.69, 9.17) is 13.9 Å². The zero-order valence-electron chi connectivity index (χ0n) is 15.7. The summed E-state index contributed by atoms with van der Waals surface area (Å²) in [6.45, 7) is 1.54. The van der Waals surface area contributed by atoms with Crippen molar-refractivity contribution in [1.82, 2.24) is 4.90 Å². The first kappa shape index (κ1) is 19.0. The third-order valence-electron chi connectivity index (χ3n) is 4.44. The Hall–Kier alpha value is -3.79. The molecule has 7 heteroatoms. The summed E-state index contributed by atoms with van der Waals surface area (Å²) in [5, 5.41) is 9.44. The summed E-state index contributed by atoms with van der Waals surface area (Å²) in [5.74, 6) is 0.382. The monoisotopic (exact) mass is 378 g/mol. The molecule has 1 aromatic heterocycles. The number of furan rings is 1. The van der Waals surface area contributed by atoms with Crippen LogP contribution in [0, 0.1) is 11.3 Å². The van der Waals surface area contributed by atoms with E-state index in [1.165, 1.54) is 20.5 Å². The van der Waals surface area contributed by atoms with Crippen LogP contribution in [0.3, 0.4) is 0 Å². The Morgan fingerprint density at radius 3 is 2.50 bits per heavy atom. The highest BCUT2D eigenvalue weighted by Crippen LogP contribution is 2.31. The number of methoxy groups -OCH3 is 2. The normalized spacial score (nSPS) is 15.8. The number of amides is 2. The molecule has 0 radical (unpaired) electrons. The smallest absolute Gasteiger partial charge is 0.272 e. The van der Waals surface area contributed by atoms with Crippen LogP contribution < -0.4 is 9.47 Å². The second-order valence-electron chi connectivity index (χ2n) is 6.06. The predicted molar refractivity (Wildman–Crippen MR) is 100 cm³/mol. The van der Waals surface area contributed by atoms with Crippen LogP contribution in [-0.2, 0) is 16.1 Å². The molecule has 0 N–H and O–H groups in total. The fraction of sp³-hybridized carbons (Fsp3) is 0.190. The Kier molecular flexibility index (Phi) is 5.32. The predicted octanol–water partition coefficient (Wildman–Crippen LogP) is 3.09. The molecule has 2 amide bonds. The standard InChI is InChI=1S/C21H18N2O5/c1-13-16(9-14-6-7-18(26-2)19(10-14)27-3)20(24)23(21(25)17(13)11-22)12-15-5-4-8-28-15/h4-10H,12H2,1-3H3/b16-9+. The van der Waals surface area contributed by atoms with Crippen LogP contribution in [-0.4, -0.2) is 30.9 Å². The highest BCUT2D eigenvalue weighted by molar-refractivity contribution is 6.19. The van der Waals surface area contributed by atoms with Crippen LogP contribution in [0.15, 0.2) is 57.7 Å². The quantitative estimate of drug-likeness (QED) is 0.586. The number of nitriles is 1. The Morgan fingerprint density at radius 1 is 1.14 bits per heavy atom. The lowest BCUT2D eigenvalue weighted by Gasteiger charge is -2.26. The molecule has 0 unspecified atom stereocenters. The van der Waals surface area contributed by atoms with Crippen molar-refractivity contribution in [2.45, 2.75) is 13.5 Å². The molecular formula is C21H18N2O5. The van der Waals surface area contributed by atoms with Crippen molar-refractivity contribution in [1.29, 1.82) is 5.26 Å². The van der Waals surface area contributed by atoms with Crippen molar-refractivity contribution in [2.75, 3.05) is 14.2 Å². The zero-order valence-corrected chi connectivity index (χ0v) is 15.7. The molecule has 0 spiro atoms. The van der Waals surface area contributed by atoms with E-state index in [1.807, 2.05) is 6.07 Å². The maximum absolute atomic E-state index is 13.0. The van der Waals surface area contributed by atoms with Gasteiger partial charge in [0.25, 0.3) is 11.8 Å². The third kappa shape index (κ3) is 3.40. The van der Waals surface area contributed by atoms with E-state index < -0.39 is 11.8 Å². The van der Waals surface area contributed by atoms with Gasteiger partial charge in [-0.05, 0) is 48.4 Å². The fourth-order valence-electron chi connectivity index (χ4n) is 2.94. The number of carbonyl (C=O) groups excluding carboxylic acids is 2. The molecule has 0 fully saturated rings. The summed E-state index contributed by atoms with van der Waals surface area (Å²) in [6.07, 6.45) is 3.08. The summed E-state index contributed by atoms with van der Waals surface area (Å²) >= 11 is 0. The van der Waals surface area contributed by atoms with Gasteiger partial charge in [0.1, 0.15) is 17.4 Å². The van der Waals surface area contributed by atoms with E-state index in [0.717, 1.165) is 4.90 Å². The van der Waals surface area contributed by atoms with Crippen molar-refractivity contribution < 1.29 is 23.5 Å². The van der Waals surface area contributed by atoms with E-state index in [0.29, 0.717) is 28.4 Å². The highest BCUT2D eigenvalue weighted by Gasteiger charge is 2.35. The maximum Gasteiger partial charge on any atom is 0.272 e. The summed E-state index contributed by atoms with van der Waals surface area (Å²) in [7, 11) is 3.05. The Morgan fingerprint density at radius 2 is 1.89 bits per heavy atom. The van der Waals surface area contributed by atoms with Gasteiger partial charge in [0.15, 0.2) is 11.5 Å². The molecular weight excluding hydrogens is 360 g/mol. The molecule has 0 aliphatic carbocycles. The largest absolute Gasteiger partial charge is 0.493 e. The lowest BCUT2D eigenvalue weighted by Crippen LogP contribution is -2.42. The van der Waals surface area contributed by atoms with Gasteiger partial charge in [0.05, 0.1) is 27.0 Å². The van der Waals surface area contributed by atoms with Crippen molar-refractivity contribution in [2.24, 2.45) is 0 Å². The van der Waals surface area contributed by atoms with Gasteiger partial charge in [-0.25, -0.2) is 0 Å². The Bertz CT molecular complexity index is 1030. The zero-order chi connectivity index (χ0) is 20.3. The van der Waals surface area contributed by atoms with Crippen LogP contribution in [0.4, 0.5) is 0 Å². The number of imide groups is 1. The summed E-state index contributed by atoms with van der Waals surface area (Å²) in [4.78, 5) is 26.6. The van der Waals surface area contributed by atoms with Crippen LogP contribution in [0.5, 0.6) is 11.5 Å². The fourth-order valence-corrected chi connectivity index (χ4v) is 2.94.